The van der Waals surface area contributed by atoms with E-state index in [2.05, 4.69) is 222 Å². The van der Waals surface area contributed by atoms with Gasteiger partial charge in [-0.1, -0.05) is 198 Å². The molecule has 0 N–H and O–H groups in total. The highest BCUT2D eigenvalue weighted by atomic mass is 16.3. The summed E-state index contributed by atoms with van der Waals surface area (Å²) in [4.78, 5) is 10.9. The average Bonchev–Trinajstić information content (AvgIpc) is 3.96. The maximum absolute atomic E-state index is 6.65. The zero-order valence-corrected chi connectivity index (χ0v) is 37.9. The van der Waals surface area contributed by atoms with E-state index < -0.39 is 0 Å². The van der Waals surface area contributed by atoms with Crippen LogP contribution in [0.2, 0.25) is 0 Å². The number of furan rings is 1. The van der Waals surface area contributed by atoms with Crippen LogP contribution in [0.1, 0.15) is 49.9 Å². The third kappa shape index (κ3) is 6.04. The smallest absolute Gasteiger partial charge is 0.164 e. The van der Waals surface area contributed by atoms with E-state index in [0.29, 0.717) is 5.82 Å². The zero-order valence-electron chi connectivity index (χ0n) is 37.9. The number of nitrogens with zero attached hydrogens (tertiary/aromatic N) is 2. The van der Waals surface area contributed by atoms with Gasteiger partial charge in [0.2, 0.25) is 0 Å². The fraction of sp³-hybridized carbons (Fsp3) is 0.0938. The number of hydrogen-bond donors (Lipinski definition) is 0. The van der Waals surface area contributed by atoms with E-state index in [4.69, 9.17) is 14.4 Å². The first-order valence-electron chi connectivity index (χ1n) is 23.3. The maximum Gasteiger partial charge on any atom is 0.164 e. The van der Waals surface area contributed by atoms with Gasteiger partial charge in [0.25, 0.3) is 0 Å². The third-order valence-corrected chi connectivity index (χ3v) is 14.7. The normalized spacial score (nSPS) is 13.9. The first-order valence-corrected chi connectivity index (χ1v) is 23.3. The summed E-state index contributed by atoms with van der Waals surface area (Å²) in [6, 6.07) is 74.6. The Kier molecular flexibility index (Phi) is 8.60. The van der Waals surface area contributed by atoms with Crippen molar-refractivity contribution in [2.75, 3.05) is 0 Å². The highest BCUT2D eigenvalue weighted by Gasteiger charge is 2.39. The number of para-hydroxylation sites is 2. The molecule has 2 aromatic heterocycles. The number of hydrogen-bond acceptors (Lipinski definition) is 3. The average molecular weight is 859 g/mol. The molecule has 318 valence electrons. The molecule has 13 rings (SSSR count). The summed E-state index contributed by atoms with van der Waals surface area (Å²) in [6.45, 7) is 9.50. The number of benzene rings is 9. The van der Waals surface area contributed by atoms with Crippen LogP contribution in [0.25, 0.3) is 111 Å². The van der Waals surface area contributed by atoms with E-state index in [9.17, 15) is 0 Å². The van der Waals surface area contributed by atoms with Crippen LogP contribution in [0.5, 0.6) is 0 Å². The fourth-order valence-corrected chi connectivity index (χ4v) is 11.5. The summed E-state index contributed by atoms with van der Waals surface area (Å²) < 4.78 is 6.65. The molecular weight excluding hydrogens is 813 g/mol. The Bertz CT molecular complexity index is 3670. The van der Waals surface area contributed by atoms with Gasteiger partial charge in [-0.25, -0.2) is 9.97 Å². The molecule has 0 bridgehead atoms. The van der Waals surface area contributed by atoms with Crippen molar-refractivity contribution in [2.24, 2.45) is 0 Å². The predicted molar refractivity (Wildman–Crippen MR) is 277 cm³/mol. The van der Waals surface area contributed by atoms with Crippen molar-refractivity contribution < 1.29 is 4.42 Å². The Morgan fingerprint density at radius 3 is 1.42 bits per heavy atom. The summed E-state index contributed by atoms with van der Waals surface area (Å²) in [5, 5.41) is 2.12. The van der Waals surface area contributed by atoms with Crippen LogP contribution in [-0.4, -0.2) is 9.97 Å². The monoisotopic (exact) mass is 858 g/mol. The van der Waals surface area contributed by atoms with Crippen molar-refractivity contribution >= 4 is 21.9 Å². The molecule has 0 aliphatic heterocycles. The molecule has 9 aromatic carbocycles. The summed E-state index contributed by atoms with van der Waals surface area (Å²) in [7, 11) is 0. The molecule has 67 heavy (non-hydrogen) atoms. The first kappa shape index (κ1) is 39.2. The topological polar surface area (TPSA) is 38.9 Å². The van der Waals surface area contributed by atoms with Crippen LogP contribution >= 0.6 is 0 Å². The van der Waals surface area contributed by atoms with E-state index in [0.717, 1.165) is 66.7 Å². The Hall–Kier alpha value is -8.14. The molecule has 11 aromatic rings. The number of aromatic nitrogens is 2. The van der Waals surface area contributed by atoms with Gasteiger partial charge in [-0.3, -0.25) is 0 Å². The van der Waals surface area contributed by atoms with Gasteiger partial charge < -0.3 is 4.42 Å². The van der Waals surface area contributed by atoms with Gasteiger partial charge in [-0.15, -0.1) is 0 Å². The second-order valence-electron chi connectivity index (χ2n) is 19.3. The molecule has 2 heterocycles. The summed E-state index contributed by atoms with van der Waals surface area (Å²) >= 11 is 0. The SMILES string of the molecule is CC1(C)c2ccccc2-c2cccc(-c3cc(-c4cc(-c5ccc(-c6ccccc6)cc5)nc(-c5cccc6c5oc5ccccc56)n4)cc(-c4cccc5c4C(C)(C)c4ccccc4-5)c3)c21. The summed E-state index contributed by atoms with van der Waals surface area (Å²) in [6.07, 6.45) is 0. The molecule has 0 saturated heterocycles. The van der Waals surface area contributed by atoms with Crippen LogP contribution in [-0.2, 0) is 10.8 Å². The predicted octanol–water partition coefficient (Wildman–Crippen LogP) is 17.0. The van der Waals surface area contributed by atoms with Gasteiger partial charge in [0, 0.05) is 32.7 Å². The van der Waals surface area contributed by atoms with Crippen molar-refractivity contribution in [3.63, 3.8) is 0 Å². The largest absolute Gasteiger partial charge is 0.455 e. The summed E-state index contributed by atoms with van der Waals surface area (Å²) in [5.74, 6) is 0.616. The highest BCUT2D eigenvalue weighted by Crippen LogP contribution is 2.55. The van der Waals surface area contributed by atoms with Gasteiger partial charge in [0.15, 0.2) is 5.82 Å². The van der Waals surface area contributed by atoms with Gasteiger partial charge in [-0.2, -0.15) is 0 Å². The van der Waals surface area contributed by atoms with Crippen LogP contribution in [0.15, 0.2) is 211 Å². The van der Waals surface area contributed by atoms with E-state index in [1.165, 1.54) is 61.2 Å². The molecule has 2 aliphatic carbocycles. The Morgan fingerprint density at radius 2 is 0.776 bits per heavy atom. The Balaban J connectivity index is 1.07. The Morgan fingerprint density at radius 1 is 0.328 bits per heavy atom. The molecule has 0 atom stereocenters. The summed E-state index contributed by atoms with van der Waals surface area (Å²) in [5.41, 5.74) is 23.5. The molecule has 3 nitrogen and oxygen atoms in total. The molecule has 0 radical (unpaired) electrons. The molecule has 0 fully saturated rings. The molecule has 0 amide bonds. The van der Waals surface area contributed by atoms with E-state index in [-0.39, 0.29) is 10.8 Å². The number of rotatable bonds is 6. The second kappa shape index (κ2) is 14.7. The lowest BCUT2D eigenvalue weighted by Gasteiger charge is -2.26. The van der Waals surface area contributed by atoms with Crippen molar-refractivity contribution in [1.29, 1.82) is 0 Å². The molecule has 0 spiro atoms. The van der Waals surface area contributed by atoms with Crippen molar-refractivity contribution in [3.05, 3.63) is 229 Å². The third-order valence-electron chi connectivity index (χ3n) is 14.7. The van der Waals surface area contributed by atoms with E-state index in [1.807, 2.05) is 12.1 Å². The van der Waals surface area contributed by atoms with Gasteiger partial charge in [-0.05, 0) is 114 Å². The lowest BCUT2D eigenvalue weighted by molar-refractivity contribution is 0.662. The maximum atomic E-state index is 6.65. The fourth-order valence-electron chi connectivity index (χ4n) is 11.5. The van der Waals surface area contributed by atoms with Crippen molar-refractivity contribution in [3.8, 4) is 89.5 Å². The lowest BCUT2D eigenvalue weighted by Crippen LogP contribution is -2.16. The van der Waals surface area contributed by atoms with Crippen LogP contribution < -0.4 is 0 Å². The molecular formula is C64H46N2O. The quantitative estimate of drug-likeness (QED) is 0.167. The minimum Gasteiger partial charge on any atom is -0.455 e. The molecule has 3 heteroatoms. The van der Waals surface area contributed by atoms with Gasteiger partial charge >= 0.3 is 0 Å². The first-order chi connectivity index (χ1) is 32.7. The number of fused-ring (bicyclic) bond motifs is 9. The van der Waals surface area contributed by atoms with Crippen molar-refractivity contribution in [2.45, 2.75) is 38.5 Å². The Labute approximate surface area is 391 Å². The molecule has 0 unspecified atom stereocenters. The molecule has 2 aliphatic rings. The second-order valence-corrected chi connectivity index (χ2v) is 19.3. The minimum atomic E-state index is -0.206. The van der Waals surface area contributed by atoms with Gasteiger partial charge in [0.05, 0.1) is 17.0 Å². The van der Waals surface area contributed by atoms with Crippen LogP contribution in [0.3, 0.4) is 0 Å². The van der Waals surface area contributed by atoms with Crippen molar-refractivity contribution in [1.82, 2.24) is 9.97 Å². The molecule has 0 saturated carbocycles. The van der Waals surface area contributed by atoms with Gasteiger partial charge in [0.1, 0.15) is 11.2 Å². The zero-order chi connectivity index (χ0) is 45.0. The minimum absolute atomic E-state index is 0.206. The van der Waals surface area contributed by atoms with Crippen LogP contribution in [0, 0.1) is 0 Å². The highest BCUT2D eigenvalue weighted by molar-refractivity contribution is 6.09. The lowest BCUT2D eigenvalue weighted by atomic mass is 9.77. The standard InChI is InChI=1S/C64H46N2O/c1-63(2)54-28-11-8-19-47(54)50-24-14-22-45(59(50)63)42-35-43(46-23-15-25-51-48-20-9-12-29-55(48)64(3,4)60(46)51)37-44(36-42)57-38-56(41-33-31-40(32-34-41)39-17-6-5-7-18-39)65-62(66-57)53-27-16-26-52-49-21-10-13-30-58(49)67-61(52)53/h5-38H,1-4H3. The van der Waals surface area contributed by atoms with E-state index in [1.54, 1.807) is 0 Å². The van der Waals surface area contributed by atoms with Crippen LogP contribution in [0.4, 0.5) is 0 Å². The van der Waals surface area contributed by atoms with E-state index >= 15 is 0 Å².